The number of aliphatic hydroxyl groups is 1. The number of unbranched alkanes of at least 4 members (excludes halogenated alkanes) is 1. The zero-order chi connectivity index (χ0) is 17.2. The number of urea groups is 1. The van der Waals surface area contributed by atoms with E-state index in [1.54, 1.807) is 0 Å². The van der Waals surface area contributed by atoms with E-state index < -0.39 is 30.7 Å². The molecule has 0 spiro atoms. The summed E-state index contributed by atoms with van der Waals surface area (Å²) in [6.07, 6.45) is 2.35. The molecule has 0 saturated carbocycles. The van der Waals surface area contributed by atoms with Crippen molar-refractivity contribution in [3.63, 3.8) is 0 Å². The lowest BCUT2D eigenvalue weighted by Gasteiger charge is -2.11. The Kier molecular flexibility index (Phi) is 7.94. The first-order chi connectivity index (χ1) is 11.0. The highest BCUT2D eigenvalue weighted by Gasteiger charge is 2.19. The number of amides is 2. The summed E-state index contributed by atoms with van der Waals surface area (Å²) in [5, 5.41) is 29.5. The molecule has 130 valence electrons. The van der Waals surface area contributed by atoms with Gasteiger partial charge in [0, 0.05) is 0 Å². The van der Waals surface area contributed by atoms with Crippen molar-refractivity contribution in [3.8, 4) is 0 Å². The van der Waals surface area contributed by atoms with Crippen LogP contribution in [0.1, 0.15) is 37.1 Å². The number of aliphatic hydroxyl groups excluding tert-OH is 1. The van der Waals surface area contributed by atoms with E-state index in [1.807, 2.05) is 0 Å². The summed E-state index contributed by atoms with van der Waals surface area (Å²) in [6.45, 7) is -0.219. The van der Waals surface area contributed by atoms with Gasteiger partial charge in [-0.15, -0.1) is 10.2 Å². The highest BCUT2D eigenvalue weighted by molar-refractivity contribution is 5.82. The Hall–Kier alpha value is -2.24. The van der Waals surface area contributed by atoms with E-state index in [4.69, 9.17) is 26.1 Å². The molecule has 0 aliphatic heterocycles. The molecular formula is C12H22N6O5. The molecule has 0 saturated heterocycles. The lowest BCUT2D eigenvalue weighted by molar-refractivity contribution is -0.140. The Bertz CT molecular complexity index is 508. The first kappa shape index (κ1) is 18.8. The van der Waals surface area contributed by atoms with Crippen molar-refractivity contribution in [2.75, 3.05) is 13.2 Å². The molecule has 0 bridgehead atoms. The number of carboxylic acids is 1. The Labute approximate surface area is 132 Å². The maximum absolute atomic E-state index is 11.5. The van der Waals surface area contributed by atoms with Crippen molar-refractivity contribution in [1.82, 2.24) is 20.8 Å². The van der Waals surface area contributed by atoms with Crippen LogP contribution in [0.2, 0.25) is 0 Å². The molecule has 11 heteroatoms. The molecular weight excluding hydrogens is 308 g/mol. The van der Waals surface area contributed by atoms with Gasteiger partial charge in [-0.05, 0) is 19.4 Å². The van der Waals surface area contributed by atoms with E-state index in [-0.39, 0.29) is 18.3 Å². The third kappa shape index (κ3) is 6.59. The average Bonchev–Trinajstić information content (AvgIpc) is 2.99. The summed E-state index contributed by atoms with van der Waals surface area (Å²) in [5.74, 6) is -0.940. The van der Waals surface area contributed by atoms with Crippen LogP contribution in [0.5, 0.6) is 0 Å². The van der Waals surface area contributed by atoms with Crippen LogP contribution < -0.4 is 22.1 Å². The fraction of sp³-hybridized carbons (Fsp3) is 0.667. The fourth-order valence-electron chi connectivity index (χ4n) is 1.67. The number of hydrogen-bond donors (Lipinski definition) is 6. The topological polar surface area (TPSA) is 190 Å². The first-order valence-corrected chi connectivity index (χ1v) is 7.13. The van der Waals surface area contributed by atoms with E-state index >= 15 is 0 Å². The summed E-state index contributed by atoms with van der Waals surface area (Å²) in [4.78, 5) is 22.1. The number of aromatic nitrogens is 2. The van der Waals surface area contributed by atoms with E-state index in [2.05, 4.69) is 20.8 Å². The zero-order valence-electron chi connectivity index (χ0n) is 12.6. The molecule has 1 aromatic heterocycles. The molecule has 2 amide bonds. The summed E-state index contributed by atoms with van der Waals surface area (Å²) in [6, 6.07) is -2.56. The number of nitrogens with zero attached hydrogens (tertiary/aromatic N) is 2. The van der Waals surface area contributed by atoms with Crippen molar-refractivity contribution in [2.45, 2.75) is 37.9 Å². The second kappa shape index (κ2) is 9.71. The molecule has 8 N–H and O–H groups in total. The summed E-state index contributed by atoms with van der Waals surface area (Å²) in [5.41, 5.74) is 11.3. The van der Waals surface area contributed by atoms with Gasteiger partial charge in [0.25, 0.3) is 0 Å². The van der Waals surface area contributed by atoms with Gasteiger partial charge in [-0.3, -0.25) is 0 Å². The summed E-state index contributed by atoms with van der Waals surface area (Å²) in [7, 11) is 0. The molecule has 2 unspecified atom stereocenters. The van der Waals surface area contributed by atoms with Gasteiger partial charge >= 0.3 is 12.0 Å². The SMILES string of the molecule is NCCCCC(N)c1nnc(CNC(=O)NC(CO)C(=O)O)o1. The number of rotatable bonds is 10. The van der Waals surface area contributed by atoms with Crippen LogP contribution in [-0.2, 0) is 11.3 Å². The van der Waals surface area contributed by atoms with Crippen LogP contribution in [0, 0.1) is 0 Å². The lowest BCUT2D eigenvalue weighted by Crippen LogP contribution is -2.47. The average molecular weight is 330 g/mol. The highest BCUT2D eigenvalue weighted by atomic mass is 16.4. The maximum atomic E-state index is 11.5. The van der Waals surface area contributed by atoms with E-state index in [0.717, 1.165) is 12.8 Å². The monoisotopic (exact) mass is 330 g/mol. The van der Waals surface area contributed by atoms with Gasteiger partial charge in [-0.25, -0.2) is 9.59 Å². The van der Waals surface area contributed by atoms with Crippen molar-refractivity contribution in [1.29, 1.82) is 0 Å². The van der Waals surface area contributed by atoms with Gasteiger partial charge in [0.15, 0.2) is 6.04 Å². The van der Waals surface area contributed by atoms with Gasteiger partial charge < -0.3 is 36.7 Å². The molecule has 0 radical (unpaired) electrons. The number of carbonyl (C=O) groups is 2. The Balaban J connectivity index is 2.41. The second-order valence-electron chi connectivity index (χ2n) is 4.83. The molecule has 1 heterocycles. The number of carboxylic acid groups (broad SMARTS) is 1. The summed E-state index contributed by atoms with van der Waals surface area (Å²) < 4.78 is 5.32. The van der Waals surface area contributed by atoms with E-state index in [1.165, 1.54) is 0 Å². The Morgan fingerprint density at radius 2 is 2.04 bits per heavy atom. The van der Waals surface area contributed by atoms with Crippen LogP contribution in [0.4, 0.5) is 4.79 Å². The van der Waals surface area contributed by atoms with Crippen LogP contribution in [0.25, 0.3) is 0 Å². The minimum atomic E-state index is -1.38. The third-order valence-corrected chi connectivity index (χ3v) is 2.96. The minimum Gasteiger partial charge on any atom is -0.480 e. The normalized spacial score (nSPS) is 13.3. The van der Waals surface area contributed by atoms with Crippen LogP contribution in [0.15, 0.2) is 4.42 Å². The third-order valence-electron chi connectivity index (χ3n) is 2.96. The van der Waals surface area contributed by atoms with Crippen molar-refractivity contribution < 1.29 is 24.2 Å². The van der Waals surface area contributed by atoms with Gasteiger partial charge in [0.1, 0.15) is 0 Å². The maximum Gasteiger partial charge on any atom is 0.328 e. The molecule has 0 fully saturated rings. The van der Waals surface area contributed by atoms with Gasteiger partial charge in [-0.1, -0.05) is 6.42 Å². The first-order valence-electron chi connectivity index (χ1n) is 7.13. The van der Waals surface area contributed by atoms with Crippen molar-refractivity contribution >= 4 is 12.0 Å². The number of nitrogens with one attached hydrogen (secondary N) is 2. The van der Waals surface area contributed by atoms with E-state index in [0.29, 0.717) is 13.0 Å². The smallest absolute Gasteiger partial charge is 0.328 e. The van der Waals surface area contributed by atoms with Crippen molar-refractivity contribution in [3.05, 3.63) is 11.8 Å². The zero-order valence-corrected chi connectivity index (χ0v) is 12.6. The largest absolute Gasteiger partial charge is 0.480 e. The predicted molar refractivity (Wildman–Crippen MR) is 78.0 cm³/mol. The molecule has 23 heavy (non-hydrogen) atoms. The standard InChI is InChI=1S/C12H22N6O5/c13-4-2-1-3-7(14)10-18-17-9(23-10)5-15-12(22)16-8(6-19)11(20)21/h7-8,19H,1-6,13-14H2,(H,20,21)(H2,15,16,22). The lowest BCUT2D eigenvalue weighted by atomic mass is 10.1. The molecule has 1 aromatic rings. The molecule has 1 rings (SSSR count). The van der Waals surface area contributed by atoms with Crippen LogP contribution >= 0.6 is 0 Å². The fourth-order valence-corrected chi connectivity index (χ4v) is 1.67. The Morgan fingerprint density at radius 3 is 2.65 bits per heavy atom. The molecule has 0 aliphatic rings. The van der Waals surface area contributed by atoms with Crippen molar-refractivity contribution in [2.24, 2.45) is 11.5 Å². The molecule has 2 atom stereocenters. The molecule has 11 nitrogen and oxygen atoms in total. The number of carbonyl (C=O) groups excluding carboxylic acids is 1. The van der Waals surface area contributed by atoms with Gasteiger partial charge in [-0.2, -0.15) is 0 Å². The second-order valence-corrected chi connectivity index (χ2v) is 4.83. The molecule has 0 aromatic carbocycles. The van der Waals surface area contributed by atoms with Crippen LogP contribution in [0.3, 0.4) is 0 Å². The predicted octanol–water partition coefficient (Wildman–Crippen LogP) is -1.56. The van der Waals surface area contributed by atoms with Crippen LogP contribution in [-0.4, -0.2) is 51.6 Å². The highest BCUT2D eigenvalue weighted by Crippen LogP contribution is 2.15. The van der Waals surface area contributed by atoms with Gasteiger partial charge in [0.2, 0.25) is 11.8 Å². The van der Waals surface area contributed by atoms with Gasteiger partial charge in [0.05, 0.1) is 19.2 Å². The quantitative estimate of drug-likeness (QED) is 0.275. The summed E-state index contributed by atoms with van der Waals surface area (Å²) >= 11 is 0. The Morgan fingerprint density at radius 1 is 1.30 bits per heavy atom. The number of aliphatic carboxylic acids is 1. The minimum absolute atomic E-state index is 0.0911. The molecule has 0 aliphatic carbocycles. The number of hydrogen-bond acceptors (Lipinski definition) is 8. The number of nitrogens with two attached hydrogens (primary N) is 2. The van der Waals surface area contributed by atoms with E-state index in [9.17, 15) is 9.59 Å².